The van der Waals surface area contributed by atoms with Crippen molar-refractivity contribution < 1.29 is 19.1 Å². The number of carboxylic acid groups (broad SMARTS) is 1. The minimum Gasteiger partial charge on any atom is -0.480 e. The molecular formula is C21H16FNO4S2. The molecule has 0 fully saturated rings. The quantitative estimate of drug-likeness (QED) is 0.611. The van der Waals surface area contributed by atoms with Gasteiger partial charge in [-0.25, -0.2) is 4.39 Å². The van der Waals surface area contributed by atoms with Gasteiger partial charge in [0.25, 0.3) is 0 Å². The molecule has 0 aliphatic carbocycles. The Kier molecular flexibility index (Phi) is 5.14. The summed E-state index contributed by atoms with van der Waals surface area (Å²) < 4.78 is 13.3. The minimum absolute atomic E-state index is 0.242. The molecule has 8 heteroatoms. The number of carbonyl (C=O) groups is 2. The molecule has 0 spiro atoms. The van der Waals surface area contributed by atoms with Crippen LogP contribution in [0.15, 0.2) is 58.4 Å². The van der Waals surface area contributed by atoms with Crippen LogP contribution >= 0.6 is 23.1 Å². The van der Waals surface area contributed by atoms with E-state index in [1.165, 1.54) is 24.3 Å². The highest BCUT2D eigenvalue weighted by Gasteiger charge is 2.47. The molecule has 5 nitrogen and oxygen atoms in total. The van der Waals surface area contributed by atoms with Gasteiger partial charge in [-0.05, 0) is 36.8 Å². The first kappa shape index (κ1) is 19.6. The number of carbonyl (C=O) groups excluding carboxylic acids is 1. The molecule has 2 N–H and O–H groups in total. The van der Waals surface area contributed by atoms with E-state index in [2.05, 4.69) is 4.98 Å². The molecule has 2 aromatic carbocycles. The normalized spacial score (nSPS) is 20.8. The Morgan fingerprint density at radius 2 is 1.72 bits per heavy atom. The van der Waals surface area contributed by atoms with Crippen LogP contribution in [-0.4, -0.2) is 27.1 Å². The molecule has 1 aliphatic heterocycles. The topological polar surface area (TPSA) is 87.2 Å². The van der Waals surface area contributed by atoms with Gasteiger partial charge >= 0.3 is 10.8 Å². The molecule has 3 aromatic rings. The fraction of sp³-hybridized carbons (Fsp3) is 0.190. The molecule has 1 aliphatic rings. The van der Waals surface area contributed by atoms with Crippen molar-refractivity contribution in [1.82, 2.24) is 4.98 Å². The summed E-state index contributed by atoms with van der Waals surface area (Å²) in [5.41, 5.74) is 2.03. The van der Waals surface area contributed by atoms with Crippen LogP contribution in [0.25, 0.3) is 0 Å². The van der Waals surface area contributed by atoms with Gasteiger partial charge in [0.15, 0.2) is 5.78 Å². The summed E-state index contributed by atoms with van der Waals surface area (Å²) in [5.74, 6) is -3.53. The number of hydrogen-bond acceptors (Lipinski definition) is 5. The molecule has 0 saturated carbocycles. The van der Waals surface area contributed by atoms with Crippen LogP contribution in [0.5, 0.6) is 0 Å². The zero-order chi connectivity index (χ0) is 20.7. The number of Topliss-reactive ketones (excluding diaryl/α,β-unsaturated/α-hetero) is 1. The second-order valence-corrected chi connectivity index (χ2v) is 9.04. The van der Waals surface area contributed by atoms with Crippen molar-refractivity contribution in [2.75, 3.05) is 0 Å². The fourth-order valence-electron chi connectivity index (χ4n) is 3.59. The predicted molar refractivity (Wildman–Crippen MR) is 109 cm³/mol. The summed E-state index contributed by atoms with van der Waals surface area (Å²) in [6.45, 7) is 1.93. The van der Waals surface area contributed by atoms with Crippen LogP contribution in [0.1, 0.15) is 32.3 Å². The van der Waals surface area contributed by atoms with Gasteiger partial charge in [-0.1, -0.05) is 52.9 Å². The van der Waals surface area contributed by atoms with Gasteiger partial charge in [-0.2, -0.15) is 0 Å². The first-order valence-electron chi connectivity index (χ1n) is 8.84. The molecule has 148 valence electrons. The van der Waals surface area contributed by atoms with Crippen LogP contribution in [0, 0.1) is 18.7 Å². The molecule has 4 rings (SSSR count). The van der Waals surface area contributed by atoms with E-state index in [1.54, 1.807) is 0 Å². The number of ketones is 1. The number of aromatic amines is 1. The van der Waals surface area contributed by atoms with Crippen LogP contribution < -0.4 is 4.87 Å². The van der Waals surface area contributed by atoms with E-state index in [0.29, 0.717) is 9.90 Å². The molecule has 0 radical (unpaired) electrons. The Bertz CT molecular complexity index is 1130. The molecule has 2 heterocycles. The van der Waals surface area contributed by atoms with E-state index in [0.717, 1.165) is 34.2 Å². The summed E-state index contributed by atoms with van der Waals surface area (Å²) in [5, 5.41) is 9.27. The average Bonchev–Trinajstić information content (AvgIpc) is 3.07. The summed E-state index contributed by atoms with van der Waals surface area (Å²) in [7, 11) is 0. The third kappa shape index (κ3) is 3.65. The largest absolute Gasteiger partial charge is 0.480 e. The highest BCUT2D eigenvalue weighted by molar-refractivity contribution is 8.00. The Hall–Kier alpha value is -2.71. The number of carboxylic acids is 1. The summed E-state index contributed by atoms with van der Waals surface area (Å²) in [6.07, 6.45) is 0. The maximum Gasteiger partial charge on any atom is 0.317 e. The smallest absolute Gasteiger partial charge is 0.317 e. The number of rotatable bonds is 4. The lowest BCUT2D eigenvalue weighted by atomic mass is 9.77. The second-order valence-electron chi connectivity index (χ2n) is 6.87. The van der Waals surface area contributed by atoms with E-state index < -0.39 is 28.9 Å². The number of halogens is 1. The zero-order valence-corrected chi connectivity index (χ0v) is 16.9. The van der Waals surface area contributed by atoms with E-state index in [-0.39, 0.29) is 16.2 Å². The number of fused-ring (bicyclic) bond motifs is 1. The standard InChI is InChI=1S/C21H16FNO4S2/c1-10-2-4-11(5-3-10)14-15(16(24)12-6-8-13(22)9-7-12)18(20(25)26)28-19-17(14)29-21(27)23-19/h2-9,14-15,18H,1H3,(H,23,27)(H,25,26). The van der Waals surface area contributed by atoms with Crippen LogP contribution in [0.2, 0.25) is 0 Å². The molecule has 0 saturated heterocycles. The van der Waals surface area contributed by atoms with Crippen LogP contribution in [0.3, 0.4) is 0 Å². The Morgan fingerprint density at radius 3 is 2.34 bits per heavy atom. The summed E-state index contributed by atoms with van der Waals surface area (Å²) in [6, 6.07) is 12.6. The van der Waals surface area contributed by atoms with Crippen molar-refractivity contribution in [2.24, 2.45) is 5.92 Å². The number of H-pyrrole nitrogens is 1. The van der Waals surface area contributed by atoms with Crippen molar-refractivity contribution in [3.05, 3.63) is 85.6 Å². The maximum absolute atomic E-state index is 13.4. The number of nitrogens with one attached hydrogen (secondary N) is 1. The highest BCUT2D eigenvalue weighted by Crippen LogP contribution is 2.50. The van der Waals surface area contributed by atoms with Crippen molar-refractivity contribution in [3.63, 3.8) is 0 Å². The summed E-state index contributed by atoms with van der Waals surface area (Å²) in [4.78, 5) is 40.6. The maximum atomic E-state index is 13.4. The molecule has 0 amide bonds. The van der Waals surface area contributed by atoms with E-state index >= 15 is 0 Å². The number of benzene rings is 2. The van der Waals surface area contributed by atoms with Gasteiger partial charge in [0, 0.05) is 16.4 Å². The Balaban J connectivity index is 1.90. The zero-order valence-electron chi connectivity index (χ0n) is 15.2. The van der Waals surface area contributed by atoms with E-state index in [9.17, 15) is 23.9 Å². The van der Waals surface area contributed by atoms with Crippen LogP contribution in [-0.2, 0) is 4.79 Å². The average molecular weight is 429 g/mol. The van der Waals surface area contributed by atoms with Gasteiger partial charge in [0.05, 0.1) is 10.9 Å². The van der Waals surface area contributed by atoms with E-state index in [1.807, 2.05) is 31.2 Å². The number of hydrogen-bond donors (Lipinski definition) is 2. The van der Waals surface area contributed by atoms with Crippen molar-refractivity contribution in [1.29, 1.82) is 0 Å². The third-order valence-corrected chi connectivity index (χ3v) is 7.37. The molecule has 3 unspecified atom stereocenters. The molecule has 3 atom stereocenters. The van der Waals surface area contributed by atoms with Crippen molar-refractivity contribution >= 4 is 34.9 Å². The lowest BCUT2D eigenvalue weighted by molar-refractivity contribution is -0.137. The SMILES string of the molecule is Cc1ccc(C2c3sc(=O)[nH]c3SC(C(=O)O)C2C(=O)c2ccc(F)cc2)cc1. The number of aromatic nitrogens is 1. The highest BCUT2D eigenvalue weighted by atomic mass is 32.2. The molecule has 0 bridgehead atoms. The van der Waals surface area contributed by atoms with Crippen molar-refractivity contribution in [2.45, 2.75) is 23.1 Å². The Labute approximate surface area is 173 Å². The fourth-order valence-corrected chi connectivity index (χ4v) is 6.01. The number of aryl methyl sites for hydroxylation is 1. The molecule has 29 heavy (non-hydrogen) atoms. The monoisotopic (exact) mass is 429 g/mol. The first-order chi connectivity index (χ1) is 13.8. The molecular weight excluding hydrogens is 413 g/mol. The molecule has 1 aromatic heterocycles. The van der Waals surface area contributed by atoms with Gasteiger partial charge in [-0.3, -0.25) is 14.4 Å². The van der Waals surface area contributed by atoms with Crippen molar-refractivity contribution in [3.8, 4) is 0 Å². The first-order valence-corrected chi connectivity index (χ1v) is 10.5. The predicted octanol–water partition coefficient (Wildman–Crippen LogP) is 4.07. The lowest BCUT2D eigenvalue weighted by Gasteiger charge is -2.34. The number of thioether (sulfide) groups is 1. The second kappa shape index (κ2) is 7.61. The van der Waals surface area contributed by atoms with Gasteiger partial charge < -0.3 is 10.1 Å². The van der Waals surface area contributed by atoms with Gasteiger partial charge in [-0.15, -0.1) is 0 Å². The summed E-state index contributed by atoms with van der Waals surface area (Å²) >= 11 is 1.97. The minimum atomic E-state index is -1.13. The number of thiazole rings is 1. The third-order valence-electron chi connectivity index (χ3n) is 4.97. The van der Waals surface area contributed by atoms with Gasteiger partial charge in [0.1, 0.15) is 11.1 Å². The van der Waals surface area contributed by atoms with E-state index in [4.69, 9.17) is 0 Å². The van der Waals surface area contributed by atoms with Crippen LogP contribution in [0.4, 0.5) is 4.39 Å². The Morgan fingerprint density at radius 1 is 1.07 bits per heavy atom. The van der Waals surface area contributed by atoms with Gasteiger partial charge in [0.2, 0.25) is 0 Å². The lowest BCUT2D eigenvalue weighted by Crippen LogP contribution is -2.39. The number of aliphatic carboxylic acids is 1.